The summed E-state index contributed by atoms with van der Waals surface area (Å²) in [5.74, 6) is -0.405. The summed E-state index contributed by atoms with van der Waals surface area (Å²) in [7, 11) is 1.47. The van der Waals surface area contributed by atoms with Crippen LogP contribution in [0.2, 0.25) is 0 Å². The Morgan fingerprint density at radius 1 is 1.54 bits per heavy atom. The van der Waals surface area contributed by atoms with Crippen molar-refractivity contribution >= 4 is 5.97 Å². The Bertz CT molecular complexity index is 186. The van der Waals surface area contributed by atoms with Crippen LogP contribution in [0.25, 0.3) is 0 Å². The molecule has 0 radical (unpaired) electrons. The molecule has 1 unspecified atom stereocenters. The molecule has 0 aromatic carbocycles. The molecule has 1 atom stereocenters. The van der Waals surface area contributed by atoms with Gasteiger partial charge in [-0.05, 0) is 13.8 Å². The van der Waals surface area contributed by atoms with E-state index in [1.54, 1.807) is 19.9 Å². The Labute approximate surface area is 78.2 Å². The number of aliphatic hydroxyl groups excluding tert-OH is 1. The van der Waals surface area contributed by atoms with E-state index in [2.05, 4.69) is 4.74 Å². The lowest BCUT2D eigenvalue weighted by molar-refractivity contribution is -0.142. The molecule has 0 saturated carbocycles. The zero-order chi connectivity index (χ0) is 10.3. The van der Waals surface area contributed by atoms with E-state index in [0.717, 1.165) is 0 Å². The van der Waals surface area contributed by atoms with Crippen LogP contribution in [0.3, 0.4) is 0 Å². The van der Waals surface area contributed by atoms with Crippen molar-refractivity contribution in [1.82, 2.24) is 0 Å². The Balaban J connectivity index is 3.70. The van der Waals surface area contributed by atoms with Gasteiger partial charge >= 0.3 is 5.97 Å². The minimum absolute atomic E-state index is 0.0299. The van der Waals surface area contributed by atoms with E-state index >= 15 is 0 Å². The van der Waals surface area contributed by atoms with Gasteiger partial charge in [0.25, 0.3) is 0 Å². The van der Waals surface area contributed by atoms with Crippen LogP contribution in [0.15, 0.2) is 11.6 Å². The predicted octanol–water partition coefficient (Wildman–Crippen LogP) is 0.503. The van der Waals surface area contributed by atoms with Crippen molar-refractivity contribution in [3.63, 3.8) is 0 Å². The van der Waals surface area contributed by atoms with Gasteiger partial charge in [-0.2, -0.15) is 0 Å². The van der Waals surface area contributed by atoms with Gasteiger partial charge in [-0.1, -0.05) is 6.08 Å². The first-order valence-corrected chi connectivity index (χ1v) is 4.08. The molecule has 0 aliphatic heterocycles. The minimum Gasteiger partial charge on any atom is -0.459 e. The summed E-state index contributed by atoms with van der Waals surface area (Å²) >= 11 is 0. The Morgan fingerprint density at radius 3 is 2.62 bits per heavy atom. The molecule has 0 aliphatic rings. The Kier molecular flexibility index (Phi) is 6.18. The lowest BCUT2D eigenvalue weighted by Crippen LogP contribution is -2.23. The third-order valence-corrected chi connectivity index (χ3v) is 1.52. The van der Waals surface area contributed by atoms with Crippen LogP contribution in [-0.2, 0) is 14.3 Å². The molecule has 0 aromatic heterocycles. The number of aliphatic hydroxyl groups is 1. The topological polar surface area (TPSA) is 55.8 Å². The first-order valence-electron chi connectivity index (χ1n) is 4.08. The van der Waals surface area contributed by atoms with Gasteiger partial charge in [-0.25, -0.2) is 4.79 Å². The average Bonchev–Trinajstić information content (AvgIpc) is 2.13. The number of methoxy groups -OCH3 is 1. The number of carbonyl (C=O) groups is 1. The molecule has 4 heteroatoms. The van der Waals surface area contributed by atoms with Crippen molar-refractivity contribution < 1.29 is 19.4 Å². The highest BCUT2D eigenvalue weighted by Gasteiger charge is 2.08. The largest absolute Gasteiger partial charge is 0.459 e. The summed E-state index contributed by atoms with van der Waals surface area (Å²) in [5, 5.41) is 9.13. The predicted molar refractivity (Wildman–Crippen MR) is 48.3 cm³/mol. The Hall–Kier alpha value is -0.870. The molecule has 0 fully saturated rings. The van der Waals surface area contributed by atoms with Crippen molar-refractivity contribution in [3.05, 3.63) is 11.6 Å². The third-order valence-electron chi connectivity index (χ3n) is 1.52. The van der Waals surface area contributed by atoms with Crippen LogP contribution in [0, 0.1) is 0 Å². The average molecular weight is 188 g/mol. The van der Waals surface area contributed by atoms with E-state index in [1.807, 2.05) is 0 Å². The highest BCUT2D eigenvalue weighted by atomic mass is 16.5. The monoisotopic (exact) mass is 188 g/mol. The lowest BCUT2D eigenvalue weighted by Gasteiger charge is -2.09. The lowest BCUT2D eigenvalue weighted by atomic mass is 10.3. The maximum absolute atomic E-state index is 11.0. The van der Waals surface area contributed by atoms with E-state index in [1.165, 1.54) is 7.11 Å². The number of carbonyl (C=O) groups excluding carboxylic acids is 1. The van der Waals surface area contributed by atoms with Crippen molar-refractivity contribution in [3.8, 4) is 0 Å². The fourth-order valence-corrected chi connectivity index (χ4v) is 0.644. The van der Waals surface area contributed by atoms with Crippen molar-refractivity contribution in [2.24, 2.45) is 0 Å². The van der Waals surface area contributed by atoms with Gasteiger partial charge in [0.05, 0.1) is 6.61 Å². The maximum atomic E-state index is 11.0. The molecular formula is C9H16O4. The quantitative estimate of drug-likeness (QED) is 0.504. The fourth-order valence-electron chi connectivity index (χ4n) is 0.644. The highest BCUT2D eigenvalue weighted by molar-refractivity contribution is 5.87. The molecule has 0 rings (SSSR count). The van der Waals surface area contributed by atoms with Crippen molar-refractivity contribution in [1.29, 1.82) is 0 Å². The minimum atomic E-state index is -0.751. The van der Waals surface area contributed by atoms with Crippen molar-refractivity contribution in [2.75, 3.05) is 20.3 Å². The highest BCUT2D eigenvalue weighted by Crippen LogP contribution is 1.97. The molecule has 76 valence electrons. The van der Waals surface area contributed by atoms with Gasteiger partial charge in [0.2, 0.25) is 0 Å². The molecule has 0 aliphatic carbocycles. The van der Waals surface area contributed by atoms with Gasteiger partial charge in [0.1, 0.15) is 12.7 Å². The van der Waals surface area contributed by atoms with Crippen molar-refractivity contribution in [2.45, 2.75) is 20.0 Å². The zero-order valence-corrected chi connectivity index (χ0v) is 8.24. The van der Waals surface area contributed by atoms with Crippen LogP contribution in [0.5, 0.6) is 0 Å². The van der Waals surface area contributed by atoms with Gasteiger partial charge in [-0.15, -0.1) is 0 Å². The van der Waals surface area contributed by atoms with Gasteiger partial charge in [-0.3, -0.25) is 0 Å². The number of rotatable bonds is 5. The van der Waals surface area contributed by atoms with Crippen LogP contribution >= 0.6 is 0 Å². The van der Waals surface area contributed by atoms with Gasteiger partial charge < -0.3 is 14.6 Å². The summed E-state index contributed by atoms with van der Waals surface area (Å²) in [6.07, 6.45) is 0.906. The van der Waals surface area contributed by atoms with E-state index in [0.29, 0.717) is 5.57 Å². The first-order chi connectivity index (χ1) is 6.11. The molecule has 0 amide bonds. The number of allylic oxidation sites excluding steroid dienone is 1. The van der Waals surface area contributed by atoms with E-state index in [-0.39, 0.29) is 13.2 Å². The zero-order valence-electron chi connectivity index (χ0n) is 8.24. The van der Waals surface area contributed by atoms with Gasteiger partial charge in [0, 0.05) is 12.7 Å². The van der Waals surface area contributed by atoms with Crippen LogP contribution < -0.4 is 0 Å². The number of hydrogen-bond donors (Lipinski definition) is 1. The summed E-state index contributed by atoms with van der Waals surface area (Å²) in [6.45, 7) is 3.55. The third kappa shape index (κ3) is 5.38. The summed E-state index contributed by atoms with van der Waals surface area (Å²) in [5.41, 5.74) is 0.532. The van der Waals surface area contributed by atoms with E-state index in [9.17, 15) is 4.79 Å². The second-order valence-electron chi connectivity index (χ2n) is 2.68. The first kappa shape index (κ1) is 12.1. The fraction of sp³-hybridized carbons (Fsp3) is 0.667. The molecule has 13 heavy (non-hydrogen) atoms. The smallest absolute Gasteiger partial charge is 0.333 e. The second-order valence-corrected chi connectivity index (χ2v) is 2.68. The number of esters is 1. The molecule has 0 bridgehead atoms. The summed E-state index contributed by atoms with van der Waals surface area (Å²) < 4.78 is 9.44. The summed E-state index contributed by atoms with van der Waals surface area (Å²) in [4.78, 5) is 11.0. The molecule has 4 nitrogen and oxygen atoms in total. The maximum Gasteiger partial charge on any atom is 0.333 e. The molecule has 0 spiro atoms. The summed E-state index contributed by atoms with van der Waals surface area (Å²) in [6, 6.07) is 0. The molecule has 0 aromatic rings. The molecule has 0 saturated heterocycles. The number of ether oxygens (including phenoxy) is 2. The van der Waals surface area contributed by atoms with Gasteiger partial charge in [0.15, 0.2) is 0 Å². The van der Waals surface area contributed by atoms with E-state index in [4.69, 9.17) is 9.84 Å². The SMILES string of the molecule is C/C=C(\C)C(=O)OCC(O)COC. The second kappa shape index (κ2) is 6.62. The normalized spacial score (nSPS) is 14.0. The van der Waals surface area contributed by atoms with Crippen LogP contribution in [-0.4, -0.2) is 37.5 Å². The molecule has 0 heterocycles. The standard InChI is InChI=1S/C9H16O4/c1-4-7(2)9(11)13-6-8(10)5-12-3/h4,8,10H,5-6H2,1-3H3/b7-4+. The van der Waals surface area contributed by atoms with E-state index < -0.39 is 12.1 Å². The number of hydrogen-bond acceptors (Lipinski definition) is 4. The molecular weight excluding hydrogens is 172 g/mol. The van der Waals surface area contributed by atoms with Crippen LogP contribution in [0.4, 0.5) is 0 Å². The Morgan fingerprint density at radius 2 is 2.15 bits per heavy atom. The van der Waals surface area contributed by atoms with Crippen LogP contribution in [0.1, 0.15) is 13.8 Å². The molecule has 1 N–H and O–H groups in total.